The van der Waals surface area contributed by atoms with Gasteiger partial charge in [-0.05, 0) is 44.9 Å². The van der Waals surface area contributed by atoms with Gasteiger partial charge in [0.05, 0.1) is 0 Å². The van der Waals surface area contributed by atoms with Crippen LogP contribution >= 0.6 is 0 Å². The van der Waals surface area contributed by atoms with Crippen molar-refractivity contribution in [2.45, 2.75) is 102 Å². The second-order valence-electron chi connectivity index (χ2n) is 8.25. The summed E-state index contributed by atoms with van der Waals surface area (Å²) in [7, 11) is 0. The Kier molecular flexibility index (Phi) is 15.9. The van der Waals surface area contributed by atoms with Crippen molar-refractivity contribution < 1.29 is 34.1 Å². The Morgan fingerprint density at radius 1 is 0.939 bits per heavy atom. The Morgan fingerprint density at radius 2 is 1.52 bits per heavy atom. The highest BCUT2D eigenvalue weighted by Gasteiger charge is 2.46. The summed E-state index contributed by atoms with van der Waals surface area (Å²) in [5.74, 6) is -2.49. The van der Waals surface area contributed by atoms with E-state index in [4.69, 9.17) is 4.74 Å². The highest BCUT2D eigenvalue weighted by molar-refractivity contribution is 6.09. The topological polar surface area (TPSA) is 110 Å². The van der Waals surface area contributed by atoms with Crippen molar-refractivity contribution in [2.24, 2.45) is 0 Å². The van der Waals surface area contributed by atoms with Crippen molar-refractivity contribution in [1.29, 1.82) is 0 Å². The summed E-state index contributed by atoms with van der Waals surface area (Å²) in [6.45, 7) is 1.76. The van der Waals surface area contributed by atoms with Crippen LogP contribution in [0, 0.1) is 0 Å². The molecule has 1 heterocycles. The van der Waals surface area contributed by atoms with E-state index in [0.29, 0.717) is 6.42 Å². The molecule has 0 saturated carbocycles. The van der Waals surface area contributed by atoms with Gasteiger partial charge >= 0.3 is 11.9 Å². The lowest BCUT2D eigenvalue weighted by atomic mass is 10.1. The lowest BCUT2D eigenvalue weighted by Crippen LogP contribution is -2.38. The molecular weight excluding hydrogens is 424 g/mol. The lowest BCUT2D eigenvalue weighted by molar-refractivity contribution is -0.156. The fourth-order valence-corrected chi connectivity index (χ4v) is 3.30. The maximum absolute atomic E-state index is 11.7. The highest BCUT2D eigenvalue weighted by Crippen LogP contribution is 2.15. The number of hydrogen-bond acceptors (Lipinski definition) is 7. The molecule has 1 aliphatic rings. The fraction of sp³-hybridized carbons (Fsp3) is 0.654. The third-order valence-electron chi connectivity index (χ3n) is 5.30. The van der Waals surface area contributed by atoms with Gasteiger partial charge in [0.1, 0.15) is 12.7 Å². The van der Waals surface area contributed by atoms with E-state index < -0.39 is 42.6 Å². The maximum atomic E-state index is 11.7. The zero-order chi connectivity index (χ0) is 24.3. The first-order valence-corrected chi connectivity index (χ1v) is 12.2. The zero-order valence-corrected chi connectivity index (χ0v) is 19.8. The van der Waals surface area contributed by atoms with Crippen molar-refractivity contribution >= 4 is 17.7 Å². The van der Waals surface area contributed by atoms with Crippen LogP contribution in [-0.2, 0) is 23.9 Å². The van der Waals surface area contributed by atoms with Gasteiger partial charge in [0.25, 0.3) is 0 Å². The number of cyclic esters (lactones) is 1. The average molecular weight is 465 g/mol. The number of hydrogen-bond donors (Lipinski definition) is 2. The second kappa shape index (κ2) is 18.2. The SMILES string of the molecule is CCCCCC=CCC=CCC=CCCCCCCC(=O)OC[C@H](O)[C@H]1OC(=O)C(O)C1=O. The Hall–Kier alpha value is -2.25. The molecule has 1 aliphatic heterocycles. The molecule has 1 unspecified atom stereocenters. The number of esters is 2. The first kappa shape index (κ1) is 28.8. The van der Waals surface area contributed by atoms with Crippen LogP contribution in [0.15, 0.2) is 36.5 Å². The van der Waals surface area contributed by atoms with E-state index in [0.717, 1.165) is 38.5 Å². The molecule has 1 saturated heterocycles. The molecule has 33 heavy (non-hydrogen) atoms. The molecule has 0 aromatic rings. The van der Waals surface area contributed by atoms with E-state index in [-0.39, 0.29) is 6.42 Å². The lowest BCUT2D eigenvalue weighted by Gasteiger charge is -2.15. The van der Waals surface area contributed by atoms with Crippen LogP contribution in [-0.4, -0.2) is 52.9 Å². The monoisotopic (exact) mass is 464 g/mol. The molecular formula is C26H40O7. The number of unbranched alkanes of at least 4 members (excludes halogenated alkanes) is 7. The summed E-state index contributed by atoms with van der Waals surface area (Å²) in [4.78, 5) is 34.4. The van der Waals surface area contributed by atoms with Crippen LogP contribution < -0.4 is 0 Å². The Balaban J connectivity index is 1.95. The van der Waals surface area contributed by atoms with E-state index in [9.17, 15) is 24.6 Å². The summed E-state index contributed by atoms with van der Waals surface area (Å²) in [6, 6.07) is 0. The van der Waals surface area contributed by atoms with Crippen molar-refractivity contribution in [1.82, 2.24) is 0 Å². The molecule has 186 valence electrons. The smallest absolute Gasteiger partial charge is 0.343 e. The molecule has 0 spiro atoms. The zero-order valence-electron chi connectivity index (χ0n) is 19.8. The molecule has 2 N–H and O–H groups in total. The first-order chi connectivity index (χ1) is 16.0. The van der Waals surface area contributed by atoms with Crippen LogP contribution in [0.2, 0.25) is 0 Å². The van der Waals surface area contributed by atoms with Crippen LogP contribution in [0.25, 0.3) is 0 Å². The van der Waals surface area contributed by atoms with Crippen LogP contribution in [0.1, 0.15) is 84.0 Å². The van der Waals surface area contributed by atoms with Gasteiger partial charge in [-0.2, -0.15) is 0 Å². The van der Waals surface area contributed by atoms with Crippen LogP contribution in [0.4, 0.5) is 0 Å². The van der Waals surface area contributed by atoms with Crippen molar-refractivity contribution in [3.63, 3.8) is 0 Å². The predicted molar refractivity (Wildman–Crippen MR) is 126 cm³/mol. The van der Waals surface area contributed by atoms with Gasteiger partial charge in [-0.3, -0.25) is 9.59 Å². The number of aliphatic hydroxyl groups excluding tert-OH is 2. The molecule has 7 heteroatoms. The normalized spacial score (nSPS) is 19.7. The second-order valence-corrected chi connectivity index (χ2v) is 8.25. The van der Waals surface area contributed by atoms with E-state index >= 15 is 0 Å². The standard InChI is InChI=1S/C26H40O7/c1-2-3-4-5-6-7-8-9-10-11-12-13-14-15-16-17-18-19-22(28)32-20-21(27)25-23(29)24(30)26(31)33-25/h6-7,9-10,12-13,21,24-25,27,30H,2-5,8,11,14-20H2,1H3/t21-,24?,25+/m0/s1. The van der Waals surface area contributed by atoms with Crippen LogP contribution in [0.5, 0.6) is 0 Å². The Labute approximate surface area is 197 Å². The summed E-state index contributed by atoms with van der Waals surface area (Å²) in [5.41, 5.74) is 0. The van der Waals surface area contributed by atoms with Gasteiger partial charge in [0.15, 0.2) is 6.10 Å². The number of Topliss-reactive ketones (excluding diaryl/α,β-unsaturated/α-hetero) is 1. The summed E-state index contributed by atoms with van der Waals surface area (Å²) in [5, 5.41) is 19.1. The third kappa shape index (κ3) is 13.1. The molecule has 1 rings (SSSR count). The van der Waals surface area contributed by atoms with E-state index in [1.165, 1.54) is 25.7 Å². The molecule has 0 aromatic carbocycles. The molecule has 0 radical (unpaired) electrons. The quantitative estimate of drug-likeness (QED) is 0.136. The minimum absolute atomic E-state index is 0.224. The summed E-state index contributed by atoms with van der Waals surface area (Å²) < 4.78 is 9.51. The van der Waals surface area contributed by atoms with Gasteiger partial charge < -0.3 is 19.7 Å². The molecule has 3 atom stereocenters. The van der Waals surface area contributed by atoms with Gasteiger partial charge in [0, 0.05) is 6.42 Å². The molecule has 1 fully saturated rings. The van der Waals surface area contributed by atoms with Crippen molar-refractivity contribution in [3.05, 3.63) is 36.5 Å². The highest BCUT2D eigenvalue weighted by atomic mass is 16.6. The predicted octanol–water partition coefficient (Wildman–Crippen LogP) is 4.12. The van der Waals surface area contributed by atoms with Gasteiger partial charge in [-0.25, -0.2) is 4.79 Å². The van der Waals surface area contributed by atoms with Gasteiger partial charge in [0.2, 0.25) is 11.9 Å². The number of carbonyl (C=O) groups is 3. The number of ether oxygens (including phenoxy) is 2. The van der Waals surface area contributed by atoms with E-state index in [1.54, 1.807) is 0 Å². The molecule has 0 aromatic heterocycles. The molecule has 0 amide bonds. The van der Waals surface area contributed by atoms with E-state index in [1.807, 2.05) is 0 Å². The first-order valence-electron chi connectivity index (χ1n) is 12.2. The molecule has 0 bridgehead atoms. The van der Waals surface area contributed by atoms with Crippen molar-refractivity contribution in [2.75, 3.05) is 6.61 Å². The minimum Gasteiger partial charge on any atom is -0.463 e. The summed E-state index contributed by atoms with van der Waals surface area (Å²) >= 11 is 0. The average Bonchev–Trinajstić information content (AvgIpc) is 3.06. The number of carbonyl (C=O) groups excluding carboxylic acids is 3. The number of allylic oxidation sites excluding steroid dienone is 6. The molecule has 0 aliphatic carbocycles. The van der Waals surface area contributed by atoms with Gasteiger partial charge in [-0.15, -0.1) is 0 Å². The van der Waals surface area contributed by atoms with Crippen molar-refractivity contribution in [3.8, 4) is 0 Å². The third-order valence-corrected chi connectivity index (χ3v) is 5.30. The Morgan fingerprint density at radius 3 is 2.09 bits per heavy atom. The summed E-state index contributed by atoms with van der Waals surface area (Å²) in [6.07, 6.45) is 20.3. The number of ketones is 1. The van der Waals surface area contributed by atoms with Crippen LogP contribution in [0.3, 0.4) is 0 Å². The largest absolute Gasteiger partial charge is 0.463 e. The number of rotatable bonds is 18. The van der Waals surface area contributed by atoms with Gasteiger partial charge in [-0.1, -0.05) is 69.1 Å². The fourth-order valence-electron chi connectivity index (χ4n) is 3.30. The Bertz CT molecular complexity index is 666. The number of aliphatic hydroxyl groups is 2. The van der Waals surface area contributed by atoms with E-state index in [2.05, 4.69) is 48.1 Å². The molecule has 7 nitrogen and oxygen atoms in total. The minimum atomic E-state index is -1.88. The maximum Gasteiger partial charge on any atom is 0.343 e.